The molecular weight excluding hydrogens is 358 g/mol. The van der Waals surface area contributed by atoms with Crippen LogP contribution in [0.5, 0.6) is 0 Å². The normalized spacial score (nSPS) is 11.0. The zero-order valence-corrected chi connectivity index (χ0v) is 15.2. The number of carbonyl (C=O) groups excluding carboxylic acids is 1. The SMILES string of the molecule is CC(=O)Nc1ccc(CCNc2ccc(S(C)(=O)=O)cc2[N+](=O)[O-])cc1. The lowest BCUT2D eigenvalue weighted by Crippen LogP contribution is -2.08. The molecule has 0 fully saturated rings. The zero-order valence-electron chi connectivity index (χ0n) is 14.4. The molecule has 2 aromatic rings. The smallest absolute Gasteiger partial charge is 0.293 e. The van der Waals surface area contributed by atoms with E-state index in [1.807, 2.05) is 12.1 Å². The first-order chi connectivity index (χ1) is 12.2. The van der Waals surface area contributed by atoms with Crippen LogP contribution < -0.4 is 10.6 Å². The molecule has 0 aliphatic carbocycles. The van der Waals surface area contributed by atoms with Crippen molar-refractivity contribution in [3.05, 3.63) is 58.1 Å². The van der Waals surface area contributed by atoms with E-state index in [1.165, 1.54) is 19.1 Å². The van der Waals surface area contributed by atoms with Crippen molar-refractivity contribution in [1.82, 2.24) is 0 Å². The minimum absolute atomic E-state index is 0.0942. The van der Waals surface area contributed by atoms with Gasteiger partial charge in [0.1, 0.15) is 5.69 Å². The fourth-order valence-electron chi connectivity index (χ4n) is 2.34. The number of nitro benzene ring substituents is 1. The van der Waals surface area contributed by atoms with E-state index in [0.717, 1.165) is 17.9 Å². The number of amides is 1. The van der Waals surface area contributed by atoms with Gasteiger partial charge in [-0.3, -0.25) is 14.9 Å². The number of hydrogen-bond donors (Lipinski definition) is 2. The molecule has 0 bridgehead atoms. The van der Waals surface area contributed by atoms with E-state index in [9.17, 15) is 23.3 Å². The summed E-state index contributed by atoms with van der Waals surface area (Å²) in [6.45, 7) is 1.86. The highest BCUT2D eigenvalue weighted by Crippen LogP contribution is 2.27. The summed E-state index contributed by atoms with van der Waals surface area (Å²) in [6.07, 6.45) is 1.61. The summed E-state index contributed by atoms with van der Waals surface area (Å²) in [5.41, 5.74) is 1.66. The molecule has 9 heteroatoms. The first kappa shape index (κ1) is 19.4. The van der Waals surface area contributed by atoms with Gasteiger partial charge in [-0.05, 0) is 36.2 Å². The molecule has 0 aromatic heterocycles. The maximum atomic E-state index is 11.5. The van der Waals surface area contributed by atoms with Crippen molar-refractivity contribution in [2.75, 3.05) is 23.4 Å². The molecule has 26 heavy (non-hydrogen) atoms. The van der Waals surface area contributed by atoms with Crippen LogP contribution in [0.2, 0.25) is 0 Å². The molecule has 2 N–H and O–H groups in total. The largest absolute Gasteiger partial charge is 0.379 e. The Hall–Kier alpha value is -2.94. The highest BCUT2D eigenvalue weighted by atomic mass is 32.2. The van der Waals surface area contributed by atoms with Gasteiger partial charge in [0.05, 0.1) is 9.82 Å². The van der Waals surface area contributed by atoms with E-state index in [-0.39, 0.29) is 22.2 Å². The maximum absolute atomic E-state index is 11.5. The fraction of sp³-hybridized carbons (Fsp3) is 0.235. The van der Waals surface area contributed by atoms with Crippen LogP contribution in [0.25, 0.3) is 0 Å². The number of nitro groups is 1. The Morgan fingerprint density at radius 3 is 2.35 bits per heavy atom. The Morgan fingerprint density at radius 2 is 1.81 bits per heavy atom. The monoisotopic (exact) mass is 377 g/mol. The number of nitrogens with one attached hydrogen (secondary N) is 2. The minimum Gasteiger partial charge on any atom is -0.379 e. The van der Waals surface area contributed by atoms with Crippen LogP contribution >= 0.6 is 0 Å². The molecule has 0 aliphatic rings. The molecule has 0 saturated heterocycles. The first-order valence-electron chi connectivity index (χ1n) is 7.76. The van der Waals surface area contributed by atoms with Gasteiger partial charge in [-0.2, -0.15) is 0 Å². The second-order valence-corrected chi connectivity index (χ2v) is 7.78. The van der Waals surface area contributed by atoms with Gasteiger partial charge in [-0.25, -0.2) is 8.42 Å². The van der Waals surface area contributed by atoms with Crippen LogP contribution in [0.15, 0.2) is 47.4 Å². The number of nitrogens with zero attached hydrogens (tertiary/aromatic N) is 1. The average molecular weight is 377 g/mol. The Bertz CT molecular complexity index is 924. The van der Waals surface area contributed by atoms with Crippen LogP contribution in [0.4, 0.5) is 17.1 Å². The van der Waals surface area contributed by atoms with Crippen LogP contribution in [-0.4, -0.2) is 32.0 Å². The molecule has 2 rings (SSSR count). The lowest BCUT2D eigenvalue weighted by molar-refractivity contribution is -0.384. The third-order valence-corrected chi connectivity index (χ3v) is 4.71. The molecule has 0 spiro atoms. The Labute approximate surface area is 151 Å². The molecule has 0 heterocycles. The van der Waals surface area contributed by atoms with Crippen LogP contribution in [0.1, 0.15) is 12.5 Å². The Morgan fingerprint density at radius 1 is 1.15 bits per heavy atom. The van der Waals surface area contributed by atoms with E-state index in [0.29, 0.717) is 18.7 Å². The van der Waals surface area contributed by atoms with E-state index in [1.54, 1.807) is 12.1 Å². The molecule has 0 atom stereocenters. The van der Waals surface area contributed by atoms with Crippen molar-refractivity contribution < 1.29 is 18.1 Å². The minimum atomic E-state index is -3.51. The summed E-state index contributed by atoms with van der Waals surface area (Å²) in [4.78, 5) is 21.5. The van der Waals surface area contributed by atoms with Gasteiger partial charge < -0.3 is 10.6 Å². The Balaban J connectivity index is 2.05. The molecule has 138 valence electrons. The van der Waals surface area contributed by atoms with Crippen LogP contribution in [0.3, 0.4) is 0 Å². The topological polar surface area (TPSA) is 118 Å². The molecule has 0 radical (unpaired) electrons. The number of hydrogen-bond acceptors (Lipinski definition) is 6. The van der Waals surface area contributed by atoms with Gasteiger partial charge in [0.2, 0.25) is 5.91 Å². The third kappa shape index (κ3) is 5.28. The van der Waals surface area contributed by atoms with Gasteiger partial charge >= 0.3 is 0 Å². The summed E-state index contributed by atoms with van der Waals surface area (Å²) < 4.78 is 23.1. The molecule has 0 saturated carbocycles. The summed E-state index contributed by atoms with van der Waals surface area (Å²) in [5, 5.41) is 16.8. The number of sulfone groups is 1. The number of rotatable bonds is 7. The Kier molecular flexibility index (Phi) is 5.93. The maximum Gasteiger partial charge on any atom is 0.293 e. The van der Waals surface area contributed by atoms with Crippen molar-refractivity contribution in [1.29, 1.82) is 0 Å². The van der Waals surface area contributed by atoms with Gasteiger partial charge in [-0.1, -0.05) is 12.1 Å². The molecule has 2 aromatic carbocycles. The van der Waals surface area contributed by atoms with Crippen molar-refractivity contribution in [2.45, 2.75) is 18.2 Å². The number of anilines is 2. The van der Waals surface area contributed by atoms with Crippen LogP contribution in [0, 0.1) is 10.1 Å². The highest BCUT2D eigenvalue weighted by molar-refractivity contribution is 7.90. The van der Waals surface area contributed by atoms with Gasteiger partial charge in [-0.15, -0.1) is 0 Å². The second-order valence-electron chi connectivity index (χ2n) is 5.76. The lowest BCUT2D eigenvalue weighted by atomic mass is 10.1. The predicted octanol–water partition coefficient (Wildman–Crippen LogP) is 2.61. The quantitative estimate of drug-likeness (QED) is 0.565. The molecular formula is C17H19N3O5S. The standard InChI is InChI=1S/C17H19N3O5S/c1-12(21)19-14-5-3-13(4-6-14)9-10-18-16-8-7-15(26(2,24)25)11-17(16)20(22)23/h3-8,11,18H,9-10H2,1-2H3,(H,19,21). The van der Waals surface area contributed by atoms with Crippen molar-refractivity contribution in [3.63, 3.8) is 0 Å². The van der Waals surface area contributed by atoms with E-state index >= 15 is 0 Å². The lowest BCUT2D eigenvalue weighted by Gasteiger charge is -2.09. The summed E-state index contributed by atoms with van der Waals surface area (Å²) in [7, 11) is -3.51. The molecule has 0 aliphatic heterocycles. The summed E-state index contributed by atoms with van der Waals surface area (Å²) in [5.74, 6) is -0.149. The third-order valence-electron chi connectivity index (χ3n) is 3.60. The molecule has 0 unspecified atom stereocenters. The zero-order chi connectivity index (χ0) is 19.3. The highest BCUT2D eigenvalue weighted by Gasteiger charge is 2.18. The predicted molar refractivity (Wildman–Crippen MR) is 99.1 cm³/mol. The van der Waals surface area contributed by atoms with Gasteiger partial charge in [0, 0.05) is 31.5 Å². The van der Waals surface area contributed by atoms with E-state index in [4.69, 9.17) is 0 Å². The number of carbonyl (C=O) groups is 1. The van der Waals surface area contributed by atoms with Crippen LogP contribution in [-0.2, 0) is 21.1 Å². The second kappa shape index (κ2) is 7.96. The fourth-order valence-corrected chi connectivity index (χ4v) is 2.98. The van der Waals surface area contributed by atoms with Crippen molar-refractivity contribution in [3.8, 4) is 0 Å². The number of benzene rings is 2. The van der Waals surface area contributed by atoms with Crippen molar-refractivity contribution in [2.24, 2.45) is 0 Å². The summed E-state index contributed by atoms with van der Waals surface area (Å²) in [6, 6.07) is 11.1. The van der Waals surface area contributed by atoms with Gasteiger partial charge in [0.25, 0.3) is 5.69 Å². The molecule has 8 nitrogen and oxygen atoms in total. The average Bonchev–Trinajstić information content (AvgIpc) is 2.55. The van der Waals surface area contributed by atoms with Crippen molar-refractivity contribution >= 4 is 32.8 Å². The first-order valence-corrected chi connectivity index (χ1v) is 9.65. The summed E-state index contributed by atoms with van der Waals surface area (Å²) >= 11 is 0. The van der Waals surface area contributed by atoms with E-state index < -0.39 is 14.8 Å². The van der Waals surface area contributed by atoms with Gasteiger partial charge in [0.15, 0.2) is 9.84 Å². The molecule has 1 amide bonds. The van der Waals surface area contributed by atoms with E-state index in [2.05, 4.69) is 10.6 Å².